The van der Waals surface area contributed by atoms with Crippen LogP contribution in [0.2, 0.25) is 0 Å². The summed E-state index contributed by atoms with van der Waals surface area (Å²) < 4.78 is 1.05. The lowest BCUT2D eigenvalue weighted by atomic mass is 9.87. The summed E-state index contributed by atoms with van der Waals surface area (Å²) in [6.45, 7) is 3.80. The van der Waals surface area contributed by atoms with Gasteiger partial charge in [-0.05, 0) is 13.0 Å². The van der Waals surface area contributed by atoms with Crippen molar-refractivity contribution in [1.29, 1.82) is 0 Å². The molecule has 0 fully saturated rings. The number of hydrogen-bond donors (Lipinski definition) is 1. The van der Waals surface area contributed by atoms with Crippen LogP contribution < -0.4 is 0 Å². The van der Waals surface area contributed by atoms with E-state index in [4.69, 9.17) is 0 Å². The van der Waals surface area contributed by atoms with Crippen LogP contribution in [0.25, 0.3) is 0 Å². The Hall–Kier alpha value is -0.0800. The van der Waals surface area contributed by atoms with E-state index in [0.29, 0.717) is 0 Å². The summed E-state index contributed by atoms with van der Waals surface area (Å²) in [6, 6.07) is 0. The van der Waals surface area contributed by atoms with E-state index in [-0.39, 0.29) is 5.92 Å². The maximum atomic E-state index is 9.61. The second-order valence-electron chi connectivity index (χ2n) is 2.90. The number of rotatable bonds is 0. The van der Waals surface area contributed by atoms with Crippen LogP contribution in [0.3, 0.4) is 0 Å². The van der Waals surface area contributed by atoms with Crippen molar-refractivity contribution in [2.24, 2.45) is 5.92 Å². The second kappa shape index (κ2) is 2.51. The molecule has 0 saturated carbocycles. The summed E-state index contributed by atoms with van der Waals surface area (Å²) in [6.07, 6.45) is 5.68. The van der Waals surface area contributed by atoms with E-state index in [9.17, 15) is 5.11 Å². The summed E-state index contributed by atoms with van der Waals surface area (Å²) >= 11 is 3.34. The zero-order valence-corrected chi connectivity index (χ0v) is 7.72. The lowest BCUT2D eigenvalue weighted by Gasteiger charge is -2.27. The van der Waals surface area contributed by atoms with Crippen molar-refractivity contribution in [3.63, 3.8) is 0 Å². The molecule has 10 heavy (non-hydrogen) atoms. The molecule has 0 saturated heterocycles. The topological polar surface area (TPSA) is 20.2 Å². The highest BCUT2D eigenvalue weighted by atomic mass is 79.9. The van der Waals surface area contributed by atoms with Gasteiger partial charge in [0.05, 0.1) is 5.60 Å². The molecule has 0 aliphatic heterocycles. The molecular weight excluding hydrogens is 192 g/mol. The highest BCUT2D eigenvalue weighted by molar-refractivity contribution is 9.11. The van der Waals surface area contributed by atoms with E-state index in [2.05, 4.69) is 15.9 Å². The van der Waals surface area contributed by atoms with Crippen LogP contribution in [0.4, 0.5) is 0 Å². The monoisotopic (exact) mass is 202 g/mol. The maximum Gasteiger partial charge on any atom is 0.0863 e. The molecule has 2 atom stereocenters. The maximum absolute atomic E-state index is 9.61. The Labute approximate surface area is 69.6 Å². The van der Waals surface area contributed by atoms with Gasteiger partial charge in [0.25, 0.3) is 0 Å². The third-order valence-corrected chi connectivity index (χ3v) is 2.44. The van der Waals surface area contributed by atoms with Crippen LogP contribution in [0, 0.1) is 5.92 Å². The second-order valence-corrected chi connectivity index (χ2v) is 3.82. The summed E-state index contributed by atoms with van der Waals surface area (Å²) in [4.78, 5) is 0. The molecule has 2 heteroatoms. The number of allylic oxidation sites excluding steroid dienone is 2. The third-order valence-electron chi connectivity index (χ3n) is 1.91. The minimum atomic E-state index is -0.669. The van der Waals surface area contributed by atoms with Gasteiger partial charge in [-0.3, -0.25) is 0 Å². The molecule has 2 unspecified atom stereocenters. The molecule has 1 rings (SSSR count). The van der Waals surface area contributed by atoms with Gasteiger partial charge in [-0.25, -0.2) is 0 Å². The van der Waals surface area contributed by atoms with Crippen molar-refractivity contribution in [2.75, 3.05) is 0 Å². The standard InChI is InChI=1S/C8H11BrO/c1-6-5-7(9)3-4-8(6,2)10/h3-6,10H,1-2H3. The quantitative estimate of drug-likeness (QED) is 0.639. The first kappa shape index (κ1) is 8.02. The summed E-state index contributed by atoms with van der Waals surface area (Å²) in [5, 5.41) is 9.61. The Balaban J connectivity index is 2.84. The average molecular weight is 203 g/mol. The molecule has 56 valence electrons. The van der Waals surface area contributed by atoms with Gasteiger partial charge in [-0.2, -0.15) is 0 Å². The molecule has 0 aromatic carbocycles. The largest absolute Gasteiger partial charge is 0.385 e. The van der Waals surface area contributed by atoms with E-state index in [1.807, 2.05) is 32.1 Å². The molecule has 0 spiro atoms. The number of aliphatic hydroxyl groups is 1. The van der Waals surface area contributed by atoms with Gasteiger partial charge >= 0.3 is 0 Å². The fraction of sp³-hybridized carbons (Fsp3) is 0.500. The number of halogens is 1. The van der Waals surface area contributed by atoms with Gasteiger partial charge in [0.2, 0.25) is 0 Å². The van der Waals surface area contributed by atoms with Crippen LogP contribution in [0.15, 0.2) is 22.7 Å². The molecule has 0 heterocycles. The van der Waals surface area contributed by atoms with Crippen molar-refractivity contribution in [3.05, 3.63) is 22.7 Å². The Bertz CT molecular complexity index is 191. The van der Waals surface area contributed by atoms with Gasteiger partial charge < -0.3 is 5.11 Å². The van der Waals surface area contributed by atoms with E-state index < -0.39 is 5.60 Å². The first-order chi connectivity index (χ1) is 4.52. The molecule has 0 amide bonds. The molecule has 0 radical (unpaired) electrons. The van der Waals surface area contributed by atoms with E-state index in [1.54, 1.807) is 0 Å². The molecule has 1 aliphatic carbocycles. The van der Waals surface area contributed by atoms with Crippen LogP contribution in [0.5, 0.6) is 0 Å². The van der Waals surface area contributed by atoms with Crippen molar-refractivity contribution < 1.29 is 5.11 Å². The summed E-state index contributed by atoms with van der Waals surface area (Å²) in [7, 11) is 0. The Kier molecular flexibility index (Phi) is 2.02. The fourth-order valence-corrected chi connectivity index (χ4v) is 1.39. The SMILES string of the molecule is CC1C=C(Br)C=CC1(C)O. The van der Waals surface area contributed by atoms with Gasteiger partial charge in [-0.1, -0.05) is 35.0 Å². The predicted molar refractivity (Wildman–Crippen MR) is 45.9 cm³/mol. The molecule has 0 aromatic heterocycles. The van der Waals surface area contributed by atoms with E-state index >= 15 is 0 Å². The third kappa shape index (κ3) is 1.50. The Morgan fingerprint density at radius 2 is 2.30 bits per heavy atom. The van der Waals surface area contributed by atoms with Crippen molar-refractivity contribution in [3.8, 4) is 0 Å². The number of hydrogen-bond acceptors (Lipinski definition) is 1. The first-order valence-electron chi connectivity index (χ1n) is 3.31. The molecule has 0 aromatic rings. The highest BCUT2D eigenvalue weighted by Gasteiger charge is 2.25. The molecular formula is C8H11BrO. The van der Waals surface area contributed by atoms with Crippen LogP contribution in [-0.4, -0.2) is 10.7 Å². The zero-order chi connectivity index (χ0) is 7.78. The lowest BCUT2D eigenvalue weighted by molar-refractivity contribution is 0.0729. The highest BCUT2D eigenvalue weighted by Crippen LogP contribution is 2.28. The van der Waals surface area contributed by atoms with Crippen molar-refractivity contribution >= 4 is 15.9 Å². The Morgan fingerprint density at radius 1 is 1.70 bits per heavy atom. The van der Waals surface area contributed by atoms with Gasteiger partial charge in [-0.15, -0.1) is 0 Å². The smallest absolute Gasteiger partial charge is 0.0863 e. The minimum Gasteiger partial charge on any atom is -0.385 e. The Morgan fingerprint density at radius 3 is 2.70 bits per heavy atom. The van der Waals surface area contributed by atoms with Gasteiger partial charge in [0.1, 0.15) is 0 Å². The fourth-order valence-electron chi connectivity index (χ4n) is 0.863. The van der Waals surface area contributed by atoms with Gasteiger partial charge in [0.15, 0.2) is 0 Å². The summed E-state index contributed by atoms with van der Waals surface area (Å²) in [5.41, 5.74) is -0.669. The normalized spacial score (nSPS) is 39.6. The van der Waals surface area contributed by atoms with Crippen LogP contribution in [-0.2, 0) is 0 Å². The average Bonchev–Trinajstić information content (AvgIpc) is 1.81. The van der Waals surface area contributed by atoms with Crippen molar-refractivity contribution in [2.45, 2.75) is 19.4 Å². The minimum absolute atomic E-state index is 0.187. The first-order valence-corrected chi connectivity index (χ1v) is 4.10. The van der Waals surface area contributed by atoms with Crippen LogP contribution in [0.1, 0.15) is 13.8 Å². The summed E-state index contributed by atoms with van der Waals surface area (Å²) in [5.74, 6) is 0.187. The molecule has 1 nitrogen and oxygen atoms in total. The van der Waals surface area contributed by atoms with Crippen molar-refractivity contribution in [1.82, 2.24) is 0 Å². The lowest BCUT2D eigenvalue weighted by Crippen LogP contribution is -2.30. The predicted octanol–water partition coefficient (Wildman–Crippen LogP) is 2.22. The zero-order valence-electron chi connectivity index (χ0n) is 6.13. The van der Waals surface area contributed by atoms with Gasteiger partial charge in [0, 0.05) is 10.4 Å². The van der Waals surface area contributed by atoms with Crippen LogP contribution >= 0.6 is 15.9 Å². The van der Waals surface area contributed by atoms with E-state index in [1.165, 1.54) is 0 Å². The molecule has 0 bridgehead atoms. The van der Waals surface area contributed by atoms with E-state index in [0.717, 1.165) is 4.48 Å². The molecule has 1 N–H and O–H groups in total. The molecule has 1 aliphatic rings.